The molecule has 2 aliphatic rings. The van der Waals surface area contributed by atoms with Crippen LogP contribution in [0.5, 0.6) is 0 Å². The molecule has 2 fully saturated rings. The fourth-order valence-corrected chi connectivity index (χ4v) is 6.30. The number of piperidine rings is 1. The van der Waals surface area contributed by atoms with Gasteiger partial charge in [-0.3, -0.25) is 9.78 Å². The molecule has 46 heavy (non-hydrogen) atoms. The molecule has 236 valence electrons. The molecular formula is C32H35N11O2S. The topological polar surface area (TPSA) is 140 Å². The van der Waals surface area contributed by atoms with Crippen LogP contribution in [0.2, 0.25) is 0 Å². The highest BCUT2D eigenvalue weighted by molar-refractivity contribution is 7.98. The number of morpholine rings is 1. The number of nitrogens with one attached hydrogen (secondary N) is 1. The van der Waals surface area contributed by atoms with Crippen molar-refractivity contribution in [3.8, 4) is 17.3 Å². The summed E-state index contributed by atoms with van der Waals surface area (Å²) in [5.74, 6) is 2.99. The minimum Gasteiger partial charge on any atom is -0.378 e. The summed E-state index contributed by atoms with van der Waals surface area (Å²) >= 11 is 1.67. The number of thioether (sulfide) groups is 1. The Kier molecular flexibility index (Phi) is 9.24. The first-order valence-corrected chi connectivity index (χ1v) is 16.8. The molecule has 1 amide bonds. The molecule has 6 heterocycles. The molecule has 1 aromatic carbocycles. The van der Waals surface area contributed by atoms with Gasteiger partial charge in [-0.2, -0.15) is 31.4 Å². The number of pyridine rings is 2. The summed E-state index contributed by atoms with van der Waals surface area (Å²) in [5.41, 5.74) is 3.54. The number of aromatic nitrogens is 8. The summed E-state index contributed by atoms with van der Waals surface area (Å²) in [6, 6.07) is 15.1. The van der Waals surface area contributed by atoms with Crippen LogP contribution in [0.25, 0.3) is 28.2 Å². The van der Waals surface area contributed by atoms with Gasteiger partial charge in [0.2, 0.25) is 11.9 Å². The first-order valence-electron chi connectivity index (χ1n) is 15.6. The van der Waals surface area contributed by atoms with Gasteiger partial charge >= 0.3 is 0 Å². The van der Waals surface area contributed by atoms with Gasteiger partial charge in [0.1, 0.15) is 0 Å². The summed E-state index contributed by atoms with van der Waals surface area (Å²) in [6.45, 7) is 5.15. The van der Waals surface area contributed by atoms with Crippen LogP contribution in [0.3, 0.4) is 0 Å². The molecule has 0 aliphatic carbocycles. The Labute approximate surface area is 270 Å². The van der Waals surface area contributed by atoms with Crippen molar-refractivity contribution in [3.05, 3.63) is 72.2 Å². The highest BCUT2D eigenvalue weighted by atomic mass is 32.2. The predicted molar refractivity (Wildman–Crippen MR) is 177 cm³/mol. The Morgan fingerprint density at radius 2 is 1.61 bits per heavy atom. The van der Waals surface area contributed by atoms with Gasteiger partial charge in [0, 0.05) is 55.8 Å². The van der Waals surface area contributed by atoms with Crippen molar-refractivity contribution in [2.75, 3.05) is 61.5 Å². The van der Waals surface area contributed by atoms with Gasteiger partial charge in [-0.15, -0.1) is 5.10 Å². The molecule has 0 radical (unpaired) electrons. The number of carbonyl (C=O) groups is 1. The first kappa shape index (κ1) is 30.0. The van der Waals surface area contributed by atoms with Crippen molar-refractivity contribution in [1.29, 1.82) is 0 Å². The van der Waals surface area contributed by atoms with Crippen molar-refractivity contribution >= 4 is 40.5 Å². The van der Waals surface area contributed by atoms with Gasteiger partial charge in [0.05, 0.1) is 47.6 Å². The fraction of sp³-hybridized carbons (Fsp3) is 0.375. The van der Waals surface area contributed by atoms with Crippen molar-refractivity contribution in [2.24, 2.45) is 0 Å². The summed E-state index contributed by atoms with van der Waals surface area (Å²) < 4.78 is 7.16. The van der Waals surface area contributed by atoms with Crippen LogP contribution in [-0.4, -0.2) is 97.5 Å². The van der Waals surface area contributed by atoms with Crippen LogP contribution in [0.4, 0.5) is 11.9 Å². The average Bonchev–Trinajstić information content (AvgIpc) is 3.61. The number of nitrogens with zero attached hydrogens (tertiary/aromatic N) is 10. The lowest BCUT2D eigenvalue weighted by Crippen LogP contribution is -2.38. The number of ether oxygens (including phenoxy) is 1. The largest absolute Gasteiger partial charge is 0.378 e. The SMILES string of the molecule is O=C(NCCSCc1cn(-c2nc(N3CCCCC3)nc(N3CCOCC3)n2)nn1)c1cc(-c2ccccn2)nc2ccccc12. The zero-order chi connectivity index (χ0) is 31.1. The third kappa shape index (κ3) is 6.92. The molecule has 7 rings (SSSR count). The highest BCUT2D eigenvalue weighted by Crippen LogP contribution is 2.24. The van der Waals surface area contributed by atoms with Gasteiger partial charge < -0.3 is 19.9 Å². The van der Waals surface area contributed by atoms with Crippen LogP contribution in [0.1, 0.15) is 35.3 Å². The lowest BCUT2D eigenvalue weighted by Gasteiger charge is -2.30. The second kappa shape index (κ2) is 14.2. The zero-order valence-corrected chi connectivity index (χ0v) is 26.3. The average molecular weight is 638 g/mol. The van der Waals surface area contributed by atoms with Crippen molar-refractivity contribution in [3.63, 3.8) is 0 Å². The molecule has 0 saturated carbocycles. The van der Waals surface area contributed by atoms with Crippen molar-refractivity contribution in [1.82, 2.24) is 45.2 Å². The van der Waals surface area contributed by atoms with E-state index in [1.54, 1.807) is 22.6 Å². The lowest BCUT2D eigenvalue weighted by atomic mass is 10.1. The van der Waals surface area contributed by atoms with Crippen LogP contribution < -0.4 is 15.1 Å². The van der Waals surface area contributed by atoms with Gasteiger partial charge in [-0.25, -0.2) is 4.98 Å². The van der Waals surface area contributed by atoms with Gasteiger partial charge in [-0.05, 0) is 43.5 Å². The molecule has 5 aromatic rings. The normalized spacial score (nSPS) is 15.3. The molecule has 0 bridgehead atoms. The Hall–Kier alpha value is -4.69. The van der Waals surface area contributed by atoms with E-state index in [2.05, 4.69) is 30.4 Å². The number of benzene rings is 1. The third-order valence-corrected chi connectivity index (χ3v) is 8.94. The zero-order valence-electron chi connectivity index (χ0n) is 25.5. The quantitative estimate of drug-likeness (QED) is 0.224. The Morgan fingerprint density at radius 1 is 0.848 bits per heavy atom. The number of anilines is 2. The van der Waals surface area contributed by atoms with Crippen LogP contribution in [0, 0.1) is 0 Å². The van der Waals surface area contributed by atoms with E-state index in [0.29, 0.717) is 60.4 Å². The smallest absolute Gasteiger partial charge is 0.258 e. The summed E-state index contributed by atoms with van der Waals surface area (Å²) in [7, 11) is 0. The second-order valence-electron chi connectivity index (χ2n) is 11.1. The second-order valence-corrected chi connectivity index (χ2v) is 12.2. The number of para-hydroxylation sites is 1. The van der Waals surface area contributed by atoms with E-state index in [0.717, 1.165) is 61.3 Å². The fourth-order valence-electron chi connectivity index (χ4n) is 5.57. The molecule has 4 aromatic heterocycles. The molecule has 1 N–H and O–H groups in total. The number of amides is 1. The number of hydrogen-bond acceptors (Lipinski definition) is 12. The van der Waals surface area contributed by atoms with E-state index >= 15 is 0 Å². The number of carbonyl (C=O) groups excluding carboxylic acids is 1. The summed E-state index contributed by atoms with van der Waals surface area (Å²) in [5, 5.41) is 12.6. The maximum Gasteiger partial charge on any atom is 0.258 e. The molecule has 0 unspecified atom stereocenters. The van der Waals surface area contributed by atoms with Crippen LogP contribution in [-0.2, 0) is 10.5 Å². The van der Waals surface area contributed by atoms with E-state index in [4.69, 9.17) is 24.7 Å². The van der Waals surface area contributed by atoms with Crippen molar-refractivity contribution < 1.29 is 9.53 Å². The third-order valence-electron chi connectivity index (χ3n) is 7.95. The van der Waals surface area contributed by atoms with E-state index in [9.17, 15) is 4.79 Å². The monoisotopic (exact) mass is 637 g/mol. The molecule has 2 saturated heterocycles. The summed E-state index contributed by atoms with van der Waals surface area (Å²) in [4.78, 5) is 41.2. The molecule has 13 nitrogen and oxygen atoms in total. The van der Waals surface area contributed by atoms with E-state index in [-0.39, 0.29) is 5.91 Å². The maximum atomic E-state index is 13.3. The van der Waals surface area contributed by atoms with Crippen LogP contribution >= 0.6 is 11.8 Å². The molecule has 14 heteroatoms. The molecule has 2 aliphatic heterocycles. The van der Waals surface area contributed by atoms with E-state index < -0.39 is 0 Å². The minimum absolute atomic E-state index is 0.141. The number of rotatable bonds is 10. The minimum atomic E-state index is -0.141. The van der Waals surface area contributed by atoms with Gasteiger partial charge in [0.15, 0.2) is 0 Å². The highest BCUT2D eigenvalue weighted by Gasteiger charge is 2.22. The molecule has 0 atom stereocenters. The van der Waals surface area contributed by atoms with E-state index in [1.807, 2.05) is 54.7 Å². The lowest BCUT2D eigenvalue weighted by molar-refractivity contribution is 0.0957. The summed E-state index contributed by atoms with van der Waals surface area (Å²) in [6.07, 6.45) is 7.08. The predicted octanol–water partition coefficient (Wildman–Crippen LogP) is 3.55. The van der Waals surface area contributed by atoms with Crippen molar-refractivity contribution in [2.45, 2.75) is 25.0 Å². The standard InChI is InChI=1S/C32H35N11O2S/c44-29(25-20-28(27-10-4-5-11-33-27)35-26-9-3-2-8-24(25)26)34-12-19-46-22-23-21-43(40-39-23)32-37-30(41-13-6-1-7-14-41)36-31(38-32)42-15-17-45-18-16-42/h2-5,8-11,20-21H,1,6-7,12-19,22H2,(H,34,44). The number of fused-ring (bicyclic) bond motifs is 1. The Bertz CT molecular complexity index is 1750. The molecule has 0 spiro atoms. The van der Waals surface area contributed by atoms with Gasteiger partial charge in [-0.1, -0.05) is 29.5 Å². The molecular weight excluding hydrogens is 602 g/mol. The van der Waals surface area contributed by atoms with Gasteiger partial charge in [0.25, 0.3) is 11.9 Å². The number of hydrogen-bond donors (Lipinski definition) is 1. The van der Waals surface area contributed by atoms with Crippen LogP contribution in [0.15, 0.2) is 60.9 Å². The van der Waals surface area contributed by atoms with E-state index in [1.165, 1.54) is 6.42 Å². The maximum absolute atomic E-state index is 13.3. The Morgan fingerprint density at radius 3 is 2.41 bits per heavy atom. The first-order chi connectivity index (χ1) is 22.7. The Balaban J connectivity index is 0.985.